The molecule has 1 fully saturated rings. The van der Waals surface area contributed by atoms with Crippen LogP contribution in [0.15, 0.2) is 18.3 Å². The third-order valence-electron chi connectivity index (χ3n) is 4.38. The van der Waals surface area contributed by atoms with E-state index >= 15 is 0 Å². The number of hydrogen-bond donors (Lipinski definition) is 1. The van der Waals surface area contributed by atoms with Crippen LogP contribution in [0.3, 0.4) is 0 Å². The van der Waals surface area contributed by atoms with Crippen molar-refractivity contribution in [1.29, 1.82) is 0 Å². The Morgan fingerprint density at radius 3 is 2.68 bits per heavy atom. The van der Waals surface area contributed by atoms with Crippen molar-refractivity contribution in [3.05, 3.63) is 39.6 Å². The van der Waals surface area contributed by atoms with Gasteiger partial charge in [0.1, 0.15) is 10.7 Å². The van der Waals surface area contributed by atoms with Gasteiger partial charge in [-0.25, -0.2) is 4.39 Å². The summed E-state index contributed by atoms with van der Waals surface area (Å²) in [6, 6.07) is 3.94. The zero-order chi connectivity index (χ0) is 17.9. The summed E-state index contributed by atoms with van der Waals surface area (Å²) in [5.74, 6) is -0.149. The Balaban J connectivity index is 1.47. The first kappa shape index (κ1) is 17.9. The van der Waals surface area contributed by atoms with E-state index in [1.807, 2.05) is 32.2 Å². The monoisotopic (exact) mass is 363 g/mol. The van der Waals surface area contributed by atoms with E-state index in [-0.39, 0.29) is 12.5 Å². The van der Waals surface area contributed by atoms with Crippen LogP contribution in [0.1, 0.15) is 38.9 Å². The van der Waals surface area contributed by atoms with Gasteiger partial charge in [0.2, 0.25) is 5.01 Å². The zero-order valence-electron chi connectivity index (χ0n) is 14.5. The van der Waals surface area contributed by atoms with E-state index < -0.39 is 5.67 Å². The summed E-state index contributed by atoms with van der Waals surface area (Å²) in [4.78, 5) is 18.3. The Morgan fingerprint density at radius 2 is 2.08 bits per heavy atom. The molecule has 3 rings (SSSR count). The Kier molecular flexibility index (Phi) is 5.39. The average Bonchev–Trinajstić information content (AvgIpc) is 3.03. The van der Waals surface area contributed by atoms with E-state index in [4.69, 9.17) is 0 Å². The maximum Gasteiger partial charge on any atom is 0.284 e. The SMILES string of the molecule is Cc1ccc(CNCC2(F)CCN(C(=O)c3nnc(C)s3)CC2)nc1. The van der Waals surface area contributed by atoms with Gasteiger partial charge in [0, 0.05) is 45.2 Å². The molecule has 1 N–H and O–H groups in total. The molecule has 0 spiro atoms. The molecule has 1 amide bonds. The number of likely N-dealkylation sites (tertiary alicyclic amines) is 1. The molecule has 0 unspecified atom stereocenters. The Morgan fingerprint density at radius 1 is 1.32 bits per heavy atom. The molecule has 0 aromatic carbocycles. The summed E-state index contributed by atoms with van der Waals surface area (Å²) in [6.45, 7) is 5.41. The number of amides is 1. The fourth-order valence-electron chi connectivity index (χ4n) is 2.82. The third kappa shape index (κ3) is 4.58. The van der Waals surface area contributed by atoms with Crippen molar-refractivity contribution in [3.63, 3.8) is 0 Å². The van der Waals surface area contributed by atoms with Crippen molar-refractivity contribution >= 4 is 17.2 Å². The Labute approximate surface area is 150 Å². The molecule has 0 bridgehead atoms. The molecule has 8 heteroatoms. The Bertz CT molecular complexity index is 725. The molecule has 2 aromatic rings. The number of aromatic nitrogens is 3. The second-order valence-corrected chi connectivity index (χ2v) is 7.68. The van der Waals surface area contributed by atoms with Gasteiger partial charge < -0.3 is 10.2 Å². The fourth-order valence-corrected chi connectivity index (χ4v) is 3.48. The minimum absolute atomic E-state index is 0.149. The van der Waals surface area contributed by atoms with Crippen LogP contribution in [-0.2, 0) is 6.54 Å². The van der Waals surface area contributed by atoms with E-state index in [0.29, 0.717) is 37.5 Å². The van der Waals surface area contributed by atoms with Crippen molar-refractivity contribution in [2.45, 2.75) is 38.9 Å². The minimum atomic E-state index is -1.29. The van der Waals surface area contributed by atoms with Crippen LogP contribution in [-0.4, -0.2) is 51.3 Å². The topological polar surface area (TPSA) is 71.0 Å². The summed E-state index contributed by atoms with van der Waals surface area (Å²) < 4.78 is 14.9. The summed E-state index contributed by atoms with van der Waals surface area (Å²) in [5.41, 5.74) is 0.709. The van der Waals surface area contributed by atoms with Crippen LogP contribution >= 0.6 is 11.3 Å². The van der Waals surface area contributed by atoms with Gasteiger partial charge in [-0.05, 0) is 25.5 Å². The molecular weight excluding hydrogens is 341 g/mol. The van der Waals surface area contributed by atoms with Crippen LogP contribution in [0.5, 0.6) is 0 Å². The maximum absolute atomic E-state index is 14.9. The molecular formula is C17H22FN5OS. The number of carbonyl (C=O) groups is 1. The second kappa shape index (κ2) is 7.53. The molecule has 3 heterocycles. The average molecular weight is 363 g/mol. The molecule has 0 aliphatic carbocycles. The van der Waals surface area contributed by atoms with E-state index in [9.17, 15) is 9.18 Å². The molecule has 1 aliphatic heterocycles. The molecule has 0 radical (unpaired) electrons. The van der Waals surface area contributed by atoms with Crippen LogP contribution in [0.4, 0.5) is 4.39 Å². The van der Waals surface area contributed by atoms with Gasteiger partial charge in [-0.1, -0.05) is 17.4 Å². The highest BCUT2D eigenvalue weighted by molar-refractivity contribution is 7.13. The lowest BCUT2D eigenvalue weighted by Gasteiger charge is -2.36. The van der Waals surface area contributed by atoms with E-state index in [2.05, 4.69) is 20.5 Å². The number of alkyl halides is 1. The third-order valence-corrected chi connectivity index (χ3v) is 5.20. The maximum atomic E-state index is 14.9. The number of rotatable bonds is 5. The molecule has 1 saturated heterocycles. The number of nitrogens with zero attached hydrogens (tertiary/aromatic N) is 4. The van der Waals surface area contributed by atoms with Crippen molar-refractivity contribution in [2.75, 3.05) is 19.6 Å². The van der Waals surface area contributed by atoms with Crippen LogP contribution in [0.25, 0.3) is 0 Å². The van der Waals surface area contributed by atoms with Gasteiger partial charge in [-0.15, -0.1) is 10.2 Å². The van der Waals surface area contributed by atoms with Crippen LogP contribution in [0.2, 0.25) is 0 Å². The molecule has 6 nitrogen and oxygen atoms in total. The number of nitrogens with one attached hydrogen (secondary N) is 1. The number of carbonyl (C=O) groups excluding carboxylic acids is 1. The van der Waals surface area contributed by atoms with E-state index in [1.165, 1.54) is 11.3 Å². The van der Waals surface area contributed by atoms with Gasteiger partial charge in [0.05, 0.1) is 5.69 Å². The molecule has 1 aliphatic rings. The summed E-state index contributed by atoms with van der Waals surface area (Å²) in [6.07, 6.45) is 2.46. The lowest BCUT2D eigenvalue weighted by Crippen LogP contribution is -2.48. The number of aryl methyl sites for hydroxylation is 2. The summed E-state index contributed by atoms with van der Waals surface area (Å²) in [7, 11) is 0. The molecule has 0 saturated carbocycles. The second-order valence-electron chi connectivity index (χ2n) is 6.50. The number of piperidine rings is 1. The van der Waals surface area contributed by atoms with Gasteiger partial charge in [0.15, 0.2) is 0 Å². The van der Waals surface area contributed by atoms with E-state index in [1.54, 1.807) is 4.90 Å². The Hall–Kier alpha value is -1.93. The largest absolute Gasteiger partial charge is 0.336 e. The first-order valence-corrected chi connectivity index (χ1v) is 9.17. The summed E-state index contributed by atoms with van der Waals surface area (Å²) in [5, 5.41) is 12.0. The molecule has 2 aromatic heterocycles. The van der Waals surface area contributed by atoms with Crippen molar-refractivity contribution in [1.82, 2.24) is 25.4 Å². The first-order chi connectivity index (χ1) is 12.0. The fraction of sp³-hybridized carbons (Fsp3) is 0.529. The molecule has 25 heavy (non-hydrogen) atoms. The van der Waals surface area contributed by atoms with Crippen LogP contribution < -0.4 is 5.32 Å². The predicted molar refractivity (Wildman–Crippen MR) is 94.3 cm³/mol. The van der Waals surface area contributed by atoms with Crippen molar-refractivity contribution < 1.29 is 9.18 Å². The van der Waals surface area contributed by atoms with E-state index in [0.717, 1.165) is 16.3 Å². The summed E-state index contributed by atoms with van der Waals surface area (Å²) >= 11 is 1.28. The number of halogens is 1. The first-order valence-electron chi connectivity index (χ1n) is 8.36. The minimum Gasteiger partial charge on any atom is -0.336 e. The van der Waals surface area contributed by atoms with Crippen molar-refractivity contribution in [3.8, 4) is 0 Å². The zero-order valence-corrected chi connectivity index (χ0v) is 15.3. The number of hydrogen-bond acceptors (Lipinski definition) is 6. The standard InChI is InChI=1S/C17H22FN5OS/c1-12-3-4-14(20-9-12)10-19-11-17(18)5-7-23(8-6-17)16(24)15-22-21-13(2)25-15/h3-4,9,19H,5-8,10-11H2,1-2H3. The quantitative estimate of drug-likeness (QED) is 0.882. The lowest BCUT2D eigenvalue weighted by atomic mass is 9.93. The highest BCUT2D eigenvalue weighted by Crippen LogP contribution is 2.27. The number of pyridine rings is 1. The van der Waals surface area contributed by atoms with Gasteiger partial charge in [-0.2, -0.15) is 0 Å². The highest BCUT2D eigenvalue weighted by atomic mass is 32.1. The van der Waals surface area contributed by atoms with Gasteiger partial charge in [-0.3, -0.25) is 9.78 Å². The van der Waals surface area contributed by atoms with Gasteiger partial charge >= 0.3 is 0 Å². The highest BCUT2D eigenvalue weighted by Gasteiger charge is 2.36. The lowest BCUT2D eigenvalue weighted by molar-refractivity contribution is 0.0433. The van der Waals surface area contributed by atoms with Crippen LogP contribution in [0, 0.1) is 13.8 Å². The predicted octanol–water partition coefficient (Wildman–Crippen LogP) is 2.28. The smallest absolute Gasteiger partial charge is 0.284 e. The van der Waals surface area contributed by atoms with Gasteiger partial charge in [0.25, 0.3) is 5.91 Å². The molecule has 0 atom stereocenters. The normalized spacial score (nSPS) is 16.8. The van der Waals surface area contributed by atoms with Crippen molar-refractivity contribution in [2.24, 2.45) is 0 Å². The molecule has 134 valence electrons.